The summed E-state index contributed by atoms with van der Waals surface area (Å²) in [5.41, 5.74) is 3.30. The number of aromatic nitrogens is 3. The van der Waals surface area contributed by atoms with E-state index in [1.165, 1.54) is 0 Å². The molecule has 0 aliphatic carbocycles. The van der Waals surface area contributed by atoms with E-state index >= 15 is 0 Å². The lowest BCUT2D eigenvalue weighted by atomic mass is 10.2. The Bertz CT molecular complexity index is 743. The van der Waals surface area contributed by atoms with Crippen LogP contribution in [0, 0.1) is 13.8 Å². The van der Waals surface area contributed by atoms with Gasteiger partial charge in [-0.3, -0.25) is 4.79 Å². The average molecular weight is 274 g/mol. The largest absolute Gasteiger partial charge is 0.361 e. The number of hydrogen-bond donors (Lipinski definition) is 1. The Morgan fingerprint density at radius 1 is 1.26 bits per heavy atom. The molecule has 6 nitrogen and oxygen atoms in total. The first-order chi connectivity index (χ1) is 9.15. The first-order valence-corrected chi connectivity index (χ1v) is 6.35. The lowest BCUT2D eigenvalue weighted by Gasteiger charge is -2.04. The molecule has 0 fully saturated rings. The molecule has 1 aromatic carbocycles. The fourth-order valence-corrected chi connectivity index (χ4v) is 2.38. The van der Waals surface area contributed by atoms with Crippen molar-refractivity contribution in [3.05, 3.63) is 35.2 Å². The van der Waals surface area contributed by atoms with Crippen molar-refractivity contribution in [1.82, 2.24) is 13.9 Å². The molecule has 0 atom stereocenters. The van der Waals surface area contributed by atoms with Crippen LogP contribution in [-0.2, 0) is 0 Å². The van der Waals surface area contributed by atoms with Crippen LogP contribution in [0.25, 0.3) is 11.0 Å². The molecule has 0 radical (unpaired) electrons. The highest BCUT2D eigenvalue weighted by Gasteiger charge is 2.17. The van der Waals surface area contributed by atoms with Gasteiger partial charge in [0.05, 0.1) is 17.4 Å². The van der Waals surface area contributed by atoms with Gasteiger partial charge in [-0.05, 0) is 32.0 Å². The number of carbonyl (C=O) groups excluding carboxylic acids is 1. The number of carbonyl (C=O) groups is 1. The van der Waals surface area contributed by atoms with Crippen LogP contribution >= 0.6 is 11.7 Å². The van der Waals surface area contributed by atoms with Gasteiger partial charge in [-0.15, -0.1) is 0 Å². The van der Waals surface area contributed by atoms with Crippen LogP contribution in [0.15, 0.2) is 22.7 Å². The SMILES string of the molecule is Cc1noc(C)c1C(=O)Nc1ccc2nsnc2c1. The van der Waals surface area contributed by atoms with Gasteiger partial charge < -0.3 is 9.84 Å². The highest BCUT2D eigenvalue weighted by atomic mass is 32.1. The van der Waals surface area contributed by atoms with E-state index in [9.17, 15) is 4.79 Å². The summed E-state index contributed by atoms with van der Waals surface area (Å²) in [6, 6.07) is 5.40. The minimum atomic E-state index is -0.237. The Balaban J connectivity index is 1.90. The van der Waals surface area contributed by atoms with Gasteiger partial charge in [-0.1, -0.05) is 5.16 Å². The second-order valence-corrected chi connectivity index (χ2v) is 4.65. The van der Waals surface area contributed by atoms with Crippen molar-refractivity contribution in [3.8, 4) is 0 Å². The molecular formula is C12H10N4O2S. The van der Waals surface area contributed by atoms with Gasteiger partial charge >= 0.3 is 0 Å². The highest BCUT2D eigenvalue weighted by Crippen LogP contribution is 2.19. The molecule has 7 heteroatoms. The second-order valence-electron chi connectivity index (χ2n) is 4.12. The van der Waals surface area contributed by atoms with Gasteiger partial charge in [-0.2, -0.15) is 8.75 Å². The lowest BCUT2D eigenvalue weighted by molar-refractivity contribution is 0.102. The summed E-state index contributed by atoms with van der Waals surface area (Å²) >= 11 is 1.15. The van der Waals surface area contributed by atoms with E-state index in [0.29, 0.717) is 22.7 Å². The van der Waals surface area contributed by atoms with Gasteiger partial charge in [-0.25, -0.2) is 0 Å². The third-order valence-electron chi connectivity index (χ3n) is 2.77. The Kier molecular flexibility index (Phi) is 2.75. The molecule has 0 saturated carbocycles. The Hall–Kier alpha value is -2.28. The van der Waals surface area contributed by atoms with E-state index in [1.807, 2.05) is 6.07 Å². The number of fused-ring (bicyclic) bond motifs is 1. The molecule has 0 aliphatic rings. The van der Waals surface area contributed by atoms with E-state index < -0.39 is 0 Å². The molecule has 1 amide bonds. The van der Waals surface area contributed by atoms with Crippen molar-refractivity contribution in [1.29, 1.82) is 0 Å². The van der Waals surface area contributed by atoms with Gasteiger partial charge in [0.2, 0.25) is 0 Å². The molecule has 0 unspecified atom stereocenters. The fourth-order valence-electron chi connectivity index (χ4n) is 1.86. The van der Waals surface area contributed by atoms with E-state index in [4.69, 9.17) is 4.52 Å². The summed E-state index contributed by atoms with van der Waals surface area (Å²) in [6.45, 7) is 3.45. The molecule has 0 spiro atoms. The van der Waals surface area contributed by atoms with E-state index in [0.717, 1.165) is 22.8 Å². The summed E-state index contributed by atoms with van der Waals surface area (Å²) < 4.78 is 13.2. The molecule has 1 N–H and O–H groups in total. The molecule has 19 heavy (non-hydrogen) atoms. The van der Waals surface area contributed by atoms with Gasteiger partial charge in [0, 0.05) is 5.69 Å². The Morgan fingerprint density at radius 3 is 2.79 bits per heavy atom. The first-order valence-electron chi connectivity index (χ1n) is 5.61. The smallest absolute Gasteiger partial charge is 0.261 e. The molecule has 2 heterocycles. The van der Waals surface area contributed by atoms with Crippen molar-refractivity contribution >= 4 is 34.4 Å². The molecule has 96 valence electrons. The van der Waals surface area contributed by atoms with Crippen LogP contribution < -0.4 is 5.32 Å². The van der Waals surface area contributed by atoms with Crippen LogP contribution in [0.4, 0.5) is 5.69 Å². The highest BCUT2D eigenvalue weighted by molar-refractivity contribution is 7.00. The van der Waals surface area contributed by atoms with Crippen molar-refractivity contribution in [2.45, 2.75) is 13.8 Å². The maximum Gasteiger partial charge on any atom is 0.261 e. The van der Waals surface area contributed by atoms with E-state index in [-0.39, 0.29) is 5.91 Å². The van der Waals surface area contributed by atoms with Crippen LogP contribution in [0.1, 0.15) is 21.8 Å². The summed E-state index contributed by atoms with van der Waals surface area (Å²) in [4.78, 5) is 12.1. The minimum Gasteiger partial charge on any atom is -0.361 e. The zero-order valence-electron chi connectivity index (χ0n) is 10.3. The quantitative estimate of drug-likeness (QED) is 0.776. The zero-order valence-corrected chi connectivity index (χ0v) is 11.1. The van der Waals surface area contributed by atoms with Gasteiger partial charge in [0.1, 0.15) is 22.4 Å². The standard InChI is InChI=1S/C12H10N4O2S/c1-6-11(7(2)18-14-6)12(17)13-8-3-4-9-10(5-8)16-19-15-9/h3-5H,1-2H3,(H,13,17). The predicted octanol–water partition coefficient (Wildman–Crippen LogP) is 2.55. The maximum atomic E-state index is 12.1. The molecule has 0 saturated heterocycles. The third kappa shape index (κ3) is 2.08. The van der Waals surface area contributed by atoms with Gasteiger partial charge in [0.25, 0.3) is 5.91 Å². The van der Waals surface area contributed by atoms with Crippen LogP contribution in [0.5, 0.6) is 0 Å². The number of amides is 1. The molecule has 3 aromatic rings. The number of nitrogens with one attached hydrogen (secondary N) is 1. The van der Waals surface area contributed by atoms with Crippen molar-refractivity contribution in [2.24, 2.45) is 0 Å². The molecule has 0 bridgehead atoms. The molecule has 0 aliphatic heterocycles. The predicted molar refractivity (Wildman–Crippen MR) is 71.3 cm³/mol. The number of hydrogen-bond acceptors (Lipinski definition) is 6. The normalized spacial score (nSPS) is 10.8. The Labute approximate surface area is 112 Å². The average Bonchev–Trinajstić information content (AvgIpc) is 2.95. The summed E-state index contributed by atoms with van der Waals surface area (Å²) in [5.74, 6) is 0.269. The molecule has 3 rings (SSSR count). The number of benzene rings is 1. The van der Waals surface area contributed by atoms with E-state index in [2.05, 4.69) is 19.2 Å². The van der Waals surface area contributed by atoms with Crippen molar-refractivity contribution in [2.75, 3.05) is 5.32 Å². The van der Waals surface area contributed by atoms with Crippen LogP contribution in [0.2, 0.25) is 0 Å². The number of nitrogens with zero attached hydrogens (tertiary/aromatic N) is 3. The molecular weight excluding hydrogens is 264 g/mol. The summed E-state index contributed by atoms with van der Waals surface area (Å²) in [5, 5.41) is 6.57. The monoisotopic (exact) mass is 274 g/mol. The lowest BCUT2D eigenvalue weighted by Crippen LogP contribution is -2.13. The Morgan fingerprint density at radius 2 is 2.05 bits per heavy atom. The maximum absolute atomic E-state index is 12.1. The van der Waals surface area contributed by atoms with Crippen LogP contribution in [-0.4, -0.2) is 19.8 Å². The van der Waals surface area contributed by atoms with Crippen LogP contribution in [0.3, 0.4) is 0 Å². The third-order valence-corrected chi connectivity index (χ3v) is 3.33. The van der Waals surface area contributed by atoms with Gasteiger partial charge in [0.15, 0.2) is 0 Å². The zero-order chi connectivity index (χ0) is 13.4. The number of aryl methyl sites for hydroxylation is 2. The fraction of sp³-hybridized carbons (Fsp3) is 0.167. The minimum absolute atomic E-state index is 0.237. The summed E-state index contributed by atoms with van der Waals surface area (Å²) in [6.07, 6.45) is 0. The second kappa shape index (κ2) is 4.43. The number of rotatable bonds is 2. The topological polar surface area (TPSA) is 80.9 Å². The van der Waals surface area contributed by atoms with E-state index in [1.54, 1.807) is 26.0 Å². The summed E-state index contributed by atoms with van der Waals surface area (Å²) in [7, 11) is 0. The molecule has 2 aromatic heterocycles. The van der Waals surface area contributed by atoms with Crippen molar-refractivity contribution in [3.63, 3.8) is 0 Å². The van der Waals surface area contributed by atoms with Crippen molar-refractivity contribution < 1.29 is 9.32 Å². The number of anilines is 1. The first kappa shape index (κ1) is 11.8.